The molecule has 4 rings (SSSR count). The Kier molecular flexibility index (Phi) is 3.74. The fourth-order valence-corrected chi connectivity index (χ4v) is 3.13. The number of para-hydroxylation sites is 1. The summed E-state index contributed by atoms with van der Waals surface area (Å²) in [5, 5.41) is 20.8. The number of ether oxygens (including phenoxy) is 2. The van der Waals surface area contributed by atoms with Crippen molar-refractivity contribution in [2.45, 2.75) is 31.7 Å². The van der Waals surface area contributed by atoms with Gasteiger partial charge in [0.05, 0.1) is 22.5 Å². The van der Waals surface area contributed by atoms with E-state index in [9.17, 15) is 10.4 Å². The highest BCUT2D eigenvalue weighted by Gasteiger charge is 2.44. The van der Waals surface area contributed by atoms with Crippen LogP contribution >= 0.6 is 0 Å². The highest BCUT2D eigenvalue weighted by atomic mass is 16.5. The summed E-state index contributed by atoms with van der Waals surface area (Å²) in [4.78, 5) is 8.48. The van der Waals surface area contributed by atoms with Gasteiger partial charge in [0.25, 0.3) is 0 Å². The number of benzene rings is 2. The van der Waals surface area contributed by atoms with Crippen LogP contribution in [-0.2, 0) is 0 Å². The largest absolute Gasteiger partial charge is 0.485 e. The minimum absolute atomic E-state index is 0.380. The van der Waals surface area contributed by atoms with Gasteiger partial charge in [-0.2, -0.15) is 5.26 Å². The molecule has 26 heavy (non-hydrogen) atoms. The topological polar surface area (TPSA) is 88.3 Å². The number of fused-ring (bicyclic) bond motifs is 2. The summed E-state index contributed by atoms with van der Waals surface area (Å²) >= 11 is 0. The van der Waals surface area contributed by atoms with Gasteiger partial charge >= 0.3 is 0 Å². The van der Waals surface area contributed by atoms with Gasteiger partial charge in [-0.15, -0.1) is 0 Å². The van der Waals surface area contributed by atoms with Crippen LogP contribution in [-0.4, -0.2) is 26.8 Å². The zero-order valence-electron chi connectivity index (χ0n) is 14.4. The maximum atomic E-state index is 10.9. The zero-order valence-corrected chi connectivity index (χ0v) is 14.4. The number of nitrogens with zero attached hydrogens (tertiary/aromatic N) is 3. The van der Waals surface area contributed by atoms with Crippen LogP contribution in [0.5, 0.6) is 11.6 Å². The van der Waals surface area contributed by atoms with E-state index in [0.717, 1.165) is 10.9 Å². The van der Waals surface area contributed by atoms with Crippen LogP contribution in [0.4, 0.5) is 0 Å². The first-order chi connectivity index (χ1) is 12.5. The van der Waals surface area contributed by atoms with Crippen molar-refractivity contribution in [2.24, 2.45) is 0 Å². The van der Waals surface area contributed by atoms with E-state index in [0.29, 0.717) is 22.8 Å². The van der Waals surface area contributed by atoms with Gasteiger partial charge in [-0.05, 0) is 44.2 Å². The third kappa shape index (κ3) is 2.63. The Bertz CT molecular complexity index is 1020. The Morgan fingerprint density at radius 3 is 2.81 bits per heavy atom. The first-order valence-corrected chi connectivity index (χ1v) is 8.27. The summed E-state index contributed by atoms with van der Waals surface area (Å²) in [6.45, 7) is 3.60. The molecule has 0 aliphatic carbocycles. The number of rotatable bonds is 2. The van der Waals surface area contributed by atoms with Gasteiger partial charge in [-0.1, -0.05) is 12.1 Å². The molecular weight excluding hydrogens is 330 g/mol. The normalized spacial score (nSPS) is 20.7. The molecule has 1 aliphatic heterocycles. The SMILES string of the molecule is CC1(C)Oc2ccc(C#N)cc2[C@@H](Oc2ncnc3ccccc23)[C@@H]1O. The molecule has 0 bridgehead atoms. The lowest BCUT2D eigenvalue weighted by Gasteiger charge is -2.41. The number of nitriles is 1. The molecule has 130 valence electrons. The van der Waals surface area contributed by atoms with Crippen LogP contribution in [0.3, 0.4) is 0 Å². The Balaban J connectivity index is 1.83. The molecule has 0 saturated heterocycles. The van der Waals surface area contributed by atoms with Gasteiger partial charge in [0.2, 0.25) is 5.88 Å². The molecule has 6 nitrogen and oxygen atoms in total. The van der Waals surface area contributed by atoms with Crippen LogP contribution < -0.4 is 9.47 Å². The second kappa shape index (κ2) is 5.97. The van der Waals surface area contributed by atoms with E-state index >= 15 is 0 Å². The molecule has 6 heteroatoms. The number of aromatic nitrogens is 2. The van der Waals surface area contributed by atoms with E-state index in [1.807, 2.05) is 24.3 Å². The Labute approximate surface area is 150 Å². The number of aliphatic hydroxyl groups is 1. The number of hydrogen-bond donors (Lipinski definition) is 1. The van der Waals surface area contributed by atoms with Crippen molar-refractivity contribution in [3.63, 3.8) is 0 Å². The Hall–Kier alpha value is -3.17. The van der Waals surface area contributed by atoms with Gasteiger partial charge in [-0.3, -0.25) is 0 Å². The molecule has 2 atom stereocenters. The number of aliphatic hydroxyl groups excluding tert-OH is 1. The second-order valence-electron chi connectivity index (χ2n) is 6.75. The smallest absolute Gasteiger partial charge is 0.225 e. The number of hydrogen-bond acceptors (Lipinski definition) is 6. The highest BCUT2D eigenvalue weighted by Crippen LogP contribution is 2.42. The van der Waals surface area contributed by atoms with Gasteiger partial charge in [0.1, 0.15) is 23.8 Å². The molecule has 0 radical (unpaired) electrons. The van der Waals surface area contributed by atoms with Crippen LogP contribution in [0.1, 0.15) is 31.1 Å². The fraction of sp³-hybridized carbons (Fsp3) is 0.250. The van der Waals surface area contributed by atoms with Crippen molar-refractivity contribution in [3.8, 4) is 17.7 Å². The quantitative estimate of drug-likeness (QED) is 0.766. The second-order valence-corrected chi connectivity index (χ2v) is 6.75. The summed E-state index contributed by atoms with van der Waals surface area (Å²) in [6, 6.07) is 14.7. The maximum Gasteiger partial charge on any atom is 0.225 e. The molecule has 0 amide bonds. The van der Waals surface area contributed by atoms with Gasteiger partial charge in [-0.25, -0.2) is 9.97 Å². The van der Waals surface area contributed by atoms with Gasteiger partial charge in [0.15, 0.2) is 6.10 Å². The first-order valence-electron chi connectivity index (χ1n) is 8.27. The first kappa shape index (κ1) is 16.3. The molecule has 0 unspecified atom stereocenters. The molecular formula is C20H17N3O3. The average Bonchev–Trinajstić information content (AvgIpc) is 2.65. The molecule has 2 heterocycles. The lowest BCUT2D eigenvalue weighted by molar-refractivity contribution is -0.103. The standard InChI is InChI=1S/C20H17N3O3/c1-20(2)18(24)17(14-9-12(10-21)7-8-16(14)26-20)25-19-13-5-3-4-6-15(13)22-11-23-19/h3-9,11,17-18,24H,1-2H3/t17-,18+/m1/s1. The van der Waals surface area contributed by atoms with E-state index in [-0.39, 0.29) is 0 Å². The lowest BCUT2D eigenvalue weighted by atomic mass is 9.87. The maximum absolute atomic E-state index is 10.9. The third-order valence-electron chi connectivity index (χ3n) is 4.56. The Morgan fingerprint density at radius 1 is 1.19 bits per heavy atom. The summed E-state index contributed by atoms with van der Waals surface area (Å²) in [5.41, 5.74) is 0.998. The molecule has 3 aromatic rings. The van der Waals surface area contributed by atoms with Crippen molar-refractivity contribution in [2.75, 3.05) is 0 Å². The van der Waals surface area contributed by atoms with Crippen molar-refractivity contribution in [1.29, 1.82) is 5.26 Å². The minimum atomic E-state index is -0.947. The van der Waals surface area contributed by atoms with E-state index < -0.39 is 17.8 Å². The molecule has 0 saturated carbocycles. The summed E-state index contributed by atoms with van der Waals surface area (Å²) in [5.74, 6) is 0.966. The molecule has 1 aromatic heterocycles. The molecule has 1 aliphatic rings. The van der Waals surface area contributed by atoms with Crippen molar-refractivity contribution in [1.82, 2.24) is 9.97 Å². The summed E-state index contributed by atoms with van der Waals surface area (Å²) in [7, 11) is 0. The van der Waals surface area contributed by atoms with Crippen molar-refractivity contribution in [3.05, 3.63) is 59.9 Å². The fourth-order valence-electron chi connectivity index (χ4n) is 3.13. The minimum Gasteiger partial charge on any atom is -0.485 e. The van der Waals surface area contributed by atoms with Crippen LogP contribution in [0.15, 0.2) is 48.8 Å². The van der Waals surface area contributed by atoms with Gasteiger partial charge < -0.3 is 14.6 Å². The molecule has 2 aromatic carbocycles. The van der Waals surface area contributed by atoms with Crippen molar-refractivity contribution >= 4 is 10.9 Å². The van der Waals surface area contributed by atoms with Crippen molar-refractivity contribution < 1.29 is 14.6 Å². The van der Waals surface area contributed by atoms with Gasteiger partial charge in [0, 0.05) is 5.56 Å². The monoisotopic (exact) mass is 347 g/mol. The third-order valence-corrected chi connectivity index (χ3v) is 4.56. The lowest BCUT2D eigenvalue weighted by Crippen LogP contribution is -2.50. The van der Waals surface area contributed by atoms with Crippen LogP contribution in [0.2, 0.25) is 0 Å². The predicted molar refractivity (Wildman–Crippen MR) is 94.8 cm³/mol. The zero-order chi connectivity index (χ0) is 18.3. The molecule has 0 fully saturated rings. The van der Waals surface area contributed by atoms with E-state index in [1.54, 1.807) is 32.0 Å². The van der Waals surface area contributed by atoms with Crippen LogP contribution in [0, 0.1) is 11.3 Å². The average molecular weight is 347 g/mol. The predicted octanol–water partition coefficient (Wildman–Crippen LogP) is 3.15. The van der Waals surface area contributed by atoms with E-state index in [4.69, 9.17) is 9.47 Å². The highest BCUT2D eigenvalue weighted by molar-refractivity contribution is 5.83. The van der Waals surface area contributed by atoms with Crippen LogP contribution in [0.25, 0.3) is 10.9 Å². The van der Waals surface area contributed by atoms with E-state index in [2.05, 4.69) is 16.0 Å². The summed E-state index contributed by atoms with van der Waals surface area (Å²) in [6.07, 6.45) is -0.237. The molecule has 1 N–H and O–H groups in total. The van der Waals surface area contributed by atoms with E-state index in [1.165, 1.54) is 6.33 Å². The Morgan fingerprint density at radius 2 is 2.00 bits per heavy atom. The molecule has 0 spiro atoms. The summed E-state index contributed by atoms with van der Waals surface area (Å²) < 4.78 is 12.1.